The molecule has 1 amide bonds. The van der Waals surface area contributed by atoms with Crippen LogP contribution in [0.1, 0.15) is 23.9 Å². The Bertz CT molecular complexity index is 703. The minimum absolute atomic E-state index is 0.0537. The zero-order chi connectivity index (χ0) is 15.7. The first-order chi connectivity index (χ1) is 10.6. The minimum atomic E-state index is -0.233. The molecule has 0 saturated heterocycles. The second-order valence-electron chi connectivity index (χ2n) is 5.45. The highest BCUT2D eigenvalue weighted by molar-refractivity contribution is 9.10. The number of aliphatic hydroxyl groups is 1. The van der Waals surface area contributed by atoms with Gasteiger partial charge in [0.25, 0.3) is 0 Å². The maximum Gasteiger partial charge on any atom is 0.231 e. The molecule has 1 aromatic heterocycles. The summed E-state index contributed by atoms with van der Waals surface area (Å²) in [6.45, 7) is 2.15. The minimum Gasteiger partial charge on any atom is -0.388 e. The molecular weight excluding hydrogens is 346 g/mol. The largest absolute Gasteiger partial charge is 0.388 e. The van der Waals surface area contributed by atoms with Gasteiger partial charge in [0, 0.05) is 22.2 Å². The fraction of sp³-hybridized carbons (Fsp3) is 0.312. The predicted molar refractivity (Wildman–Crippen MR) is 86.2 cm³/mol. The van der Waals surface area contributed by atoms with Gasteiger partial charge in [0.2, 0.25) is 5.91 Å². The van der Waals surface area contributed by atoms with Gasteiger partial charge < -0.3 is 5.11 Å². The molecule has 0 spiro atoms. The third kappa shape index (κ3) is 2.89. The molecule has 0 fully saturated rings. The predicted octanol–water partition coefficient (Wildman–Crippen LogP) is 2.46. The summed E-state index contributed by atoms with van der Waals surface area (Å²) < 4.78 is 1.000. The fourth-order valence-electron chi connectivity index (χ4n) is 2.60. The lowest BCUT2D eigenvalue weighted by Gasteiger charge is -2.31. The molecule has 0 radical (unpaired) electrons. The summed E-state index contributed by atoms with van der Waals surface area (Å²) in [5, 5.41) is 9.23. The second-order valence-corrected chi connectivity index (χ2v) is 6.36. The highest BCUT2D eigenvalue weighted by atomic mass is 79.9. The standard InChI is InChI=1S/C16H16BrN3O2/c1-10-6-12-7-18-14(9-21)19-15(12)20(16(10)22)8-11-2-4-13(17)5-3-11/h2-5,7,10,21H,6,8-9H2,1H3. The van der Waals surface area contributed by atoms with E-state index >= 15 is 0 Å². The SMILES string of the molecule is CC1Cc2cnc(CO)nc2N(Cc2ccc(Br)cc2)C1=O. The number of aliphatic hydroxyl groups excluding tert-OH is 1. The smallest absolute Gasteiger partial charge is 0.231 e. The van der Waals surface area contributed by atoms with Crippen molar-refractivity contribution < 1.29 is 9.90 Å². The number of hydrogen-bond acceptors (Lipinski definition) is 4. The van der Waals surface area contributed by atoms with E-state index in [2.05, 4.69) is 25.9 Å². The van der Waals surface area contributed by atoms with E-state index in [0.29, 0.717) is 24.6 Å². The van der Waals surface area contributed by atoms with Crippen LogP contribution >= 0.6 is 15.9 Å². The Labute approximate surface area is 137 Å². The number of carbonyl (C=O) groups excluding carboxylic acids is 1. The molecule has 1 atom stereocenters. The first-order valence-electron chi connectivity index (χ1n) is 7.10. The van der Waals surface area contributed by atoms with Gasteiger partial charge in [0.05, 0.1) is 6.54 Å². The maximum atomic E-state index is 12.6. The van der Waals surface area contributed by atoms with Crippen molar-refractivity contribution in [3.8, 4) is 0 Å². The molecule has 0 aliphatic carbocycles. The number of fused-ring (bicyclic) bond motifs is 1. The lowest BCUT2D eigenvalue weighted by Crippen LogP contribution is -2.40. The highest BCUT2D eigenvalue weighted by Crippen LogP contribution is 2.30. The van der Waals surface area contributed by atoms with E-state index in [-0.39, 0.29) is 18.4 Å². The molecule has 1 unspecified atom stereocenters. The van der Waals surface area contributed by atoms with Crippen molar-refractivity contribution in [1.82, 2.24) is 9.97 Å². The average molecular weight is 362 g/mol. The van der Waals surface area contributed by atoms with Crippen LogP contribution in [0, 0.1) is 5.92 Å². The second kappa shape index (κ2) is 6.14. The quantitative estimate of drug-likeness (QED) is 0.911. The molecule has 2 heterocycles. The number of halogens is 1. The van der Waals surface area contributed by atoms with E-state index in [1.54, 1.807) is 11.1 Å². The van der Waals surface area contributed by atoms with Crippen LogP contribution in [0.4, 0.5) is 5.82 Å². The molecule has 114 valence electrons. The van der Waals surface area contributed by atoms with Crippen molar-refractivity contribution in [1.29, 1.82) is 0 Å². The number of rotatable bonds is 3. The zero-order valence-electron chi connectivity index (χ0n) is 12.2. The summed E-state index contributed by atoms with van der Waals surface area (Å²) in [6, 6.07) is 7.86. The molecule has 1 aromatic carbocycles. The number of carbonyl (C=O) groups is 1. The van der Waals surface area contributed by atoms with Crippen LogP contribution in [-0.4, -0.2) is 21.0 Å². The number of anilines is 1. The molecule has 22 heavy (non-hydrogen) atoms. The van der Waals surface area contributed by atoms with Gasteiger partial charge in [0.1, 0.15) is 12.4 Å². The molecule has 5 nitrogen and oxygen atoms in total. The Kier molecular flexibility index (Phi) is 4.22. The van der Waals surface area contributed by atoms with Crippen LogP contribution in [0.3, 0.4) is 0 Å². The van der Waals surface area contributed by atoms with E-state index in [4.69, 9.17) is 0 Å². The van der Waals surface area contributed by atoms with Crippen molar-refractivity contribution in [3.63, 3.8) is 0 Å². The van der Waals surface area contributed by atoms with Crippen molar-refractivity contribution >= 4 is 27.7 Å². The number of benzene rings is 1. The Morgan fingerprint density at radius 2 is 2.09 bits per heavy atom. The van der Waals surface area contributed by atoms with Gasteiger partial charge in [-0.05, 0) is 24.1 Å². The van der Waals surface area contributed by atoms with E-state index in [0.717, 1.165) is 15.6 Å². The van der Waals surface area contributed by atoms with Gasteiger partial charge in [-0.1, -0.05) is 35.0 Å². The van der Waals surface area contributed by atoms with E-state index in [1.807, 2.05) is 31.2 Å². The summed E-state index contributed by atoms with van der Waals surface area (Å²) in [4.78, 5) is 22.7. The first-order valence-corrected chi connectivity index (χ1v) is 7.89. The molecule has 6 heteroatoms. The summed E-state index contributed by atoms with van der Waals surface area (Å²) in [7, 11) is 0. The van der Waals surface area contributed by atoms with Gasteiger partial charge in [0.15, 0.2) is 5.82 Å². The van der Waals surface area contributed by atoms with E-state index in [9.17, 15) is 9.90 Å². The van der Waals surface area contributed by atoms with E-state index < -0.39 is 0 Å². The zero-order valence-corrected chi connectivity index (χ0v) is 13.7. The number of aromatic nitrogens is 2. The average Bonchev–Trinajstić information content (AvgIpc) is 2.53. The Balaban J connectivity index is 1.98. The molecule has 1 aliphatic rings. The number of hydrogen-bond donors (Lipinski definition) is 1. The van der Waals surface area contributed by atoms with Gasteiger partial charge in [-0.3, -0.25) is 9.69 Å². The molecule has 2 aromatic rings. The third-order valence-corrected chi connectivity index (χ3v) is 4.28. The Morgan fingerprint density at radius 3 is 2.77 bits per heavy atom. The molecule has 3 rings (SSSR count). The van der Waals surface area contributed by atoms with Crippen LogP contribution in [0.15, 0.2) is 34.9 Å². The van der Waals surface area contributed by atoms with Crippen molar-refractivity contribution in [2.24, 2.45) is 5.92 Å². The Hall–Kier alpha value is -1.79. The summed E-state index contributed by atoms with van der Waals surface area (Å²) in [6.07, 6.45) is 2.35. The van der Waals surface area contributed by atoms with Gasteiger partial charge in [-0.25, -0.2) is 9.97 Å². The fourth-order valence-corrected chi connectivity index (χ4v) is 2.86. The van der Waals surface area contributed by atoms with Gasteiger partial charge in [-0.2, -0.15) is 0 Å². The molecule has 0 bridgehead atoms. The first kappa shape index (κ1) is 15.1. The monoisotopic (exact) mass is 361 g/mol. The van der Waals surface area contributed by atoms with Crippen molar-refractivity contribution in [2.75, 3.05) is 4.90 Å². The molecule has 1 aliphatic heterocycles. The summed E-state index contributed by atoms with van der Waals surface area (Å²) >= 11 is 3.41. The van der Waals surface area contributed by atoms with Gasteiger partial charge >= 0.3 is 0 Å². The molecule has 1 N–H and O–H groups in total. The highest BCUT2D eigenvalue weighted by Gasteiger charge is 2.31. The van der Waals surface area contributed by atoms with Crippen LogP contribution in [-0.2, 0) is 24.4 Å². The number of nitrogens with zero attached hydrogens (tertiary/aromatic N) is 3. The molecular formula is C16H16BrN3O2. The summed E-state index contributed by atoms with van der Waals surface area (Å²) in [5.74, 6) is 0.913. The van der Waals surface area contributed by atoms with Crippen molar-refractivity contribution in [3.05, 3.63) is 51.9 Å². The maximum absolute atomic E-state index is 12.6. The number of amides is 1. The van der Waals surface area contributed by atoms with Gasteiger partial charge in [-0.15, -0.1) is 0 Å². The lowest BCUT2D eigenvalue weighted by molar-refractivity contribution is -0.122. The molecule has 0 saturated carbocycles. The van der Waals surface area contributed by atoms with Crippen LogP contribution in [0.5, 0.6) is 0 Å². The third-order valence-electron chi connectivity index (χ3n) is 3.76. The normalized spacial score (nSPS) is 17.5. The van der Waals surface area contributed by atoms with Crippen molar-refractivity contribution in [2.45, 2.75) is 26.5 Å². The van der Waals surface area contributed by atoms with Crippen LogP contribution in [0.25, 0.3) is 0 Å². The summed E-state index contributed by atoms with van der Waals surface area (Å²) in [5.41, 5.74) is 1.97. The van der Waals surface area contributed by atoms with E-state index in [1.165, 1.54) is 0 Å². The van der Waals surface area contributed by atoms with Crippen LogP contribution in [0.2, 0.25) is 0 Å². The lowest BCUT2D eigenvalue weighted by atomic mass is 9.96. The Morgan fingerprint density at radius 1 is 1.36 bits per heavy atom. The topological polar surface area (TPSA) is 66.3 Å². The van der Waals surface area contributed by atoms with Crippen LogP contribution < -0.4 is 4.90 Å².